The number of rotatable bonds is 4. The van der Waals surface area contributed by atoms with Crippen molar-refractivity contribution in [2.24, 2.45) is 0 Å². The molecular weight excluding hydrogens is 206 g/mol. The van der Waals surface area contributed by atoms with Crippen LogP contribution in [0.1, 0.15) is 13.3 Å². The number of sulfone groups is 1. The maximum atomic E-state index is 11.9. The van der Waals surface area contributed by atoms with Crippen molar-refractivity contribution < 1.29 is 26.7 Å². The van der Waals surface area contributed by atoms with Gasteiger partial charge in [0.25, 0.3) is 0 Å². The van der Waals surface area contributed by atoms with E-state index < -0.39 is 33.2 Å². The number of carbonyl (C=O) groups excluding carboxylic acids is 1. The van der Waals surface area contributed by atoms with E-state index in [4.69, 9.17) is 0 Å². The zero-order valence-electron chi connectivity index (χ0n) is 7.16. The minimum absolute atomic E-state index is 0.552. The van der Waals surface area contributed by atoms with Crippen LogP contribution in [0.25, 0.3) is 0 Å². The molecule has 0 bridgehead atoms. The van der Waals surface area contributed by atoms with Crippen LogP contribution in [0.2, 0.25) is 0 Å². The molecule has 0 saturated carbocycles. The molecule has 0 aromatic rings. The van der Waals surface area contributed by atoms with Crippen molar-refractivity contribution in [3.8, 4) is 0 Å². The second kappa shape index (κ2) is 4.50. The van der Waals surface area contributed by atoms with Crippen LogP contribution in [0, 0.1) is 0 Å². The van der Waals surface area contributed by atoms with Gasteiger partial charge in [-0.25, -0.2) is 8.42 Å². The molecule has 13 heavy (non-hydrogen) atoms. The van der Waals surface area contributed by atoms with Gasteiger partial charge in [0.05, 0.1) is 18.8 Å². The molecule has 0 aromatic carbocycles. The summed E-state index contributed by atoms with van der Waals surface area (Å²) in [5, 5.41) is -1.42. The maximum Gasteiger partial charge on any atom is 0.337 e. The summed E-state index contributed by atoms with van der Waals surface area (Å²) in [4.78, 5) is 10.6. The van der Waals surface area contributed by atoms with Gasteiger partial charge in [0.15, 0.2) is 0 Å². The van der Waals surface area contributed by atoms with Crippen molar-refractivity contribution in [3.63, 3.8) is 0 Å². The molecule has 7 heteroatoms. The van der Waals surface area contributed by atoms with Crippen LogP contribution >= 0.6 is 0 Å². The third-order valence-corrected chi connectivity index (χ3v) is 3.28. The number of alkyl halides is 2. The van der Waals surface area contributed by atoms with Gasteiger partial charge in [-0.15, -0.1) is 0 Å². The SMILES string of the molecule is COC(=O)CC(C)S(=O)(=O)C(F)F. The normalized spacial score (nSPS) is 14.2. The first-order valence-electron chi connectivity index (χ1n) is 3.40. The second-order valence-electron chi connectivity index (χ2n) is 2.44. The molecule has 0 aliphatic rings. The Morgan fingerprint density at radius 3 is 2.23 bits per heavy atom. The number of ether oxygens (including phenoxy) is 1. The molecule has 0 heterocycles. The standard InChI is InChI=1S/C6H10F2O4S/c1-4(3-5(9)12-2)13(10,11)6(7)8/h4,6H,3H2,1-2H3. The molecule has 0 N–H and O–H groups in total. The van der Waals surface area contributed by atoms with E-state index in [-0.39, 0.29) is 0 Å². The molecule has 0 spiro atoms. The lowest BCUT2D eigenvalue weighted by Crippen LogP contribution is -2.27. The minimum Gasteiger partial charge on any atom is -0.469 e. The summed E-state index contributed by atoms with van der Waals surface area (Å²) in [6.07, 6.45) is -0.552. The zero-order chi connectivity index (χ0) is 10.6. The van der Waals surface area contributed by atoms with Crippen molar-refractivity contribution in [2.75, 3.05) is 7.11 Å². The lowest BCUT2D eigenvalue weighted by Gasteiger charge is -2.09. The minimum atomic E-state index is -4.52. The van der Waals surface area contributed by atoms with Crippen LogP contribution in [0.5, 0.6) is 0 Å². The summed E-state index contributed by atoms with van der Waals surface area (Å²) in [7, 11) is -3.46. The Morgan fingerprint density at radius 2 is 1.92 bits per heavy atom. The van der Waals surface area contributed by atoms with Crippen molar-refractivity contribution in [1.29, 1.82) is 0 Å². The quantitative estimate of drug-likeness (QED) is 0.645. The van der Waals surface area contributed by atoms with E-state index in [0.29, 0.717) is 0 Å². The van der Waals surface area contributed by atoms with E-state index in [0.717, 1.165) is 14.0 Å². The van der Waals surface area contributed by atoms with E-state index in [1.807, 2.05) is 0 Å². The molecule has 0 radical (unpaired) electrons. The number of esters is 1. The van der Waals surface area contributed by atoms with Crippen molar-refractivity contribution in [1.82, 2.24) is 0 Å². The second-order valence-corrected chi connectivity index (χ2v) is 4.78. The first-order chi connectivity index (χ1) is 5.82. The Hall–Kier alpha value is -0.720. The fraction of sp³-hybridized carbons (Fsp3) is 0.833. The van der Waals surface area contributed by atoms with Crippen molar-refractivity contribution in [3.05, 3.63) is 0 Å². The van der Waals surface area contributed by atoms with Crippen molar-refractivity contribution in [2.45, 2.75) is 24.4 Å². The molecule has 4 nitrogen and oxygen atoms in total. The van der Waals surface area contributed by atoms with Crippen LogP contribution < -0.4 is 0 Å². The lowest BCUT2D eigenvalue weighted by atomic mass is 10.3. The number of methoxy groups -OCH3 is 1. The van der Waals surface area contributed by atoms with Gasteiger partial charge in [-0.2, -0.15) is 8.78 Å². The topological polar surface area (TPSA) is 60.4 Å². The number of halogens is 2. The Labute approximate surface area is 74.8 Å². The summed E-state index contributed by atoms with van der Waals surface area (Å²) < 4.78 is 49.3. The molecule has 0 rings (SSSR count). The predicted octanol–water partition coefficient (Wildman–Crippen LogP) is 0.575. The summed E-state index contributed by atoms with van der Waals surface area (Å²) in [6, 6.07) is 0. The Balaban J connectivity index is 4.44. The first-order valence-corrected chi connectivity index (χ1v) is 5.01. The Morgan fingerprint density at radius 1 is 1.46 bits per heavy atom. The van der Waals surface area contributed by atoms with Crippen LogP contribution in [0.4, 0.5) is 8.78 Å². The molecule has 0 fully saturated rings. The van der Waals surface area contributed by atoms with Gasteiger partial charge in [0, 0.05) is 0 Å². The molecule has 0 amide bonds. The Bertz CT molecular complexity index is 272. The van der Waals surface area contributed by atoms with Gasteiger partial charge in [-0.3, -0.25) is 4.79 Å². The molecule has 0 saturated heterocycles. The summed E-state index contributed by atoms with van der Waals surface area (Å²) in [5.74, 6) is -4.27. The van der Waals surface area contributed by atoms with Crippen LogP contribution in [-0.4, -0.2) is 32.5 Å². The third kappa shape index (κ3) is 3.25. The average Bonchev–Trinajstić information content (AvgIpc) is 2.03. The highest BCUT2D eigenvalue weighted by atomic mass is 32.2. The lowest BCUT2D eigenvalue weighted by molar-refractivity contribution is -0.140. The molecular formula is C6H10F2O4S. The summed E-state index contributed by atoms with van der Waals surface area (Å²) in [6.45, 7) is 1.04. The molecule has 0 aliphatic carbocycles. The fourth-order valence-electron chi connectivity index (χ4n) is 0.610. The maximum absolute atomic E-state index is 11.9. The Kier molecular flexibility index (Phi) is 4.25. The summed E-state index contributed by atoms with van der Waals surface area (Å²) in [5.41, 5.74) is 0. The van der Waals surface area contributed by atoms with Gasteiger partial charge in [-0.1, -0.05) is 0 Å². The molecule has 0 aromatic heterocycles. The van der Waals surface area contributed by atoms with E-state index >= 15 is 0 Å². The van der Waals surface area contributed by atoms with Crippen molar-refractivity contribution >= 4 is 15.8 Å². The first kappa shape index (κ1) is 12.3. The summed E-state index contributed by atoms with van der Waals surface area (Å²) >= 11 is 0. The molecule has 1 atom stereocenters. The van der Waals surface area contributed by atoms with Gasteiger partial charge in [0.2, 0.25) is 9.84 Å². The fourth-order valence-corrected chi connectivity index (χ4v) is 1.33. The highest BCUT2D eigenvalue weighted by molar-refractivity contribution is 7.92. The van der Waals surface area contributed by atoms with Crippen LogP contribution in [0.3, 0.4) is 0 Å². The van der Waals surface area contributed by atoms with Crippen LogP contribution in [0.15, 0.2) is 0 Å². The smallest absolute Gasteiger partial charge is 0.337 e. The average molecular weight is 216 g/mol. The highest BCUT2D eigenvalue weighted by Gasteiger charge is 2.32. The van der Waals surface area contributed by atoms with E-state index in [1.54, 1.807) is 0 Å². The van der Waals surface area contributed by atoms with Crippen LogP contribution in [-0.2, 0) is 19.4 Å². The predicted molar refractivity (Wildman–Crippen MR) is 41.0 cm³/mol. The molecule has 0 aliphatic heterocycles. The van der Waals surface area contributed by atoms with Gasteiger partial charge in [-0.05, 0) is 6.92 Å². The molecule has 1 unspecified atom stereocenters. The largest absolute Gasteiger partial charge is 0.469 e. The highest BCUT2D eigenvalue weighted by Crippen LogP contribution is 2.15. The number of carbonyl (C=O) groups is 1. The molecule has 78 valence electrons. The third-order valence-electron chi connectivity index (χ3n) is 1.49. The van der Waals surface area contributed by atoms with Gasteiger partial charge < -0.3 is 4.74 Å². The van der Waals surface area contributed by atoms with E-state index in [2.05, 4.69) is 4.74 Å². The zero-order valence-corrected chi connectivity index (χ0v) is 7.98. The number of hydrogen-bond acceptors (Lipinski definition) is 4. The number of hydrogen-bond donors (Lipinski definition) is 0. The van der Waals surface area contributed by atoms with Gasteiger partial charge in [0.1, 0.15) is 0 Å². The van der Waals surface area contributed by atoms with Gasteiger partial charge >= 0.3 is 11.7 Å². The van der Waals surface area contributed by atoms with E-state index in [1.165, 1.54) is 0 Å². The monoisotopic (exact) mass is 216 g/mol. The van der Waals surface area contributed by atoms with E-state index in [9.17, 15) is 22.0 Å².